The van der Waals surface area contributed by atoms with Crippen LogP contribution in [0, 0.1) is 0 Å². The number of H-pyrrole nitrogens is 2. The average molecular weight is 1090 g/mol. The zero-order chi connectivity index (χ0) is 42.3. The van der Waals surface area contributed by atoms with Crippen molar-refractivity contribution in [3.05, 3.63) is 156 Å². The second kappa shape index (κ2) is 17.8. The van der Waals surface area contributed by atoms with Crippen molar-refractivity contribution in [3.8, 4) is 44.5 Å². The van der Waals surface area contributed by atoms with Crippen LogP contribution in [0.15, 0.2) is 72.8 Å². The molecule has 4 aromatic carbocycles. The smallest absolute Gasteiger partial charge is 0.0738 e. The molecule has 8 bridgehead atoms. The van der Waals surface area contributed by atoms with Crippen LogP contribution < -0.4 is 0 Å². The third-order valence-corrected chi connectivity index (χ3v) is 14.4. The minimum Gasteiger partial charge on any atom is -0.354 e. The van der Waals surface area contributed by atoms with Crippen molar-refractivity contribution in [2.75, 3.05) is 0 Å². The normalized spacial score (nSPS) is 12.0. The molecular formula is C44H18Cl12N4Ni. The van der Waals surface area contributed by atoms with Crippen LogP contribution in [0.2, 0.25) is 60.3 Å². The Morgan fingerprint density at radius 3 is 0.672 bits per heavy atom. The molecule has 0 radical (unpaired) electrons. The van der Waals surface area contributed by atoms with E-state index in [0.717, 1.165) is 0 Å². The van der Waals surface area contributed by atoms with E-state index in [-0.39, 0.29) is 56.7 Å². The molecule has 0 saturated heterocycles. The molecule has 61 heavy (non-hydrogen) atoms. The Hall–Kier alpha value is -2.55. The number of aromatic nitrogens is 4. The number of aromatic amines is 2. The molecule has 5 heterocycles. The van der Waals surface area contributed by atoms with Crippen molar-refractivity contribution in [1.29, 1.82) is 0 Å². The fourth-order valence-corrected chi connectivity index (χ4v) is 10.2. The van der Waals surface area contributed by atoms with Crippen LogP contribution in [-0.4, -0.2) is 19.9 Å². The Morgan fingerprint density at radius 1 is 0.262 bits per heavy atom. The van der Waals surface area contributed by atoms with E-state index in [2.05, 4.69) is 9.97 Å². The van der Waals surface area contributed by atoms with Crippen molar-refractivity contribution in [1.82, 2.24) is 19.9 Å². The van der Waals surface area contributed by atoms with Crippen LogP contribution >= 0.6 is 139 Å². The van der Waals surface area contributed by atoms with Gasteiger partial charge in [0.05, 0.1) is 83.0 Å². The Kier molecular flexibility index (Phi) is 13.1. The summed E-state index contributed by atoms with van der Waals surface area (Å²) in [5.74, 6) is 0. The van der Waals surface area contributed by atoms with E-state index in [0.29, 0.717) is 109 Å². The number of nitrogens with zero attached hydrogens (tertiary/aromatic N) is 2. The average Bonchev–Trinajstić information content (AvgIpc) is 4.07. The first-order valence-corrected chi connectivity index (χ1v) is 22.0. The van der Waals surface area contributed by atoms with Crippen molar-refractivity contribution in [2.45, 2.75) is 0 Å². The number of hydrogen-bond donors (Lipinski definition) is 2. The van der Waals surface area contributed by atoms with Crippen LogP contribution in [0.3, 0.4) is 0 Å². The summed E-state index contributed by atoms with van der Waals surface area (Å²) in [4.78, 5) is 17.5. The molecule has 0 unspecified atom stereocenters. The molecule has 0 spiro atoms. The monoisotopic (exact) mass is 1080 g/mol. The number of nitrogens with one attached hydrogen (secondary N) is 2. The van der Waals surface area contributed by atoms with Crippen LogP contribution in [0.25, 0.3) is 90.9 Å². The summed E-state index contributed by atoms with van der Waals surface area (Å²) in [6, 6.07) is 20.6. The maximum atomic E-state index is 6.99. The largest absolute Gasteiger partial charge is 0.354 e. The maximum absolute atomic E-state index is 6.99. The number of benzene rings is 4. The van der Waals surface area contributed by atoms with Gasteiger partial charge in [-0.25, -0.2) is 9.97 Å². The Labute approximate surface area is 418 Å². The zero-order valence-electron chi connectivity index (χ0n) is 30.0. The Morgan fingerprint density at radius 2 is 0.459 bits per heavy atom. The predicted octanol–water partition coefficient (Wildman–Crippen LogP) is 19.2. The van der Waals surface area contributed by atoms with Gasteiger partial charge in [-0.15, -0.1) is 0 Å². The third kappa shape index (κ3) is 7.91. The van der Waals surface area contributed by atoms with E-state index in [4.69, 9.17) is 149 Å². The summed E-state index contributed by atoms with van der Waals surface area (Å²) < 4.78 is 0. The predicted molar refractivity (Wildman–Crippen MR) is 261 cm³/mol. The van der Waals surface area contributed by atoms with Crippen molar-refractivity contribution < 1.29 is 16.5 Å². The van der Waals surface area contributed by atoms with Gasteiger partial charge < -0.3 is 9.97 Å². The molecule has 308 valence electrons. The van der Waals surface area contributed by atoms with E-state index in [9.17, 15) is 0 Å². The molecule has 9 rings (SSSR count). The van der Waals surface area contributed by atoms with E-state index in [1.54, 1.807) is 48.5 Å². The summed E-state index contributed by atoms with van der Waals surface area (Å²) >= 11 is 82.4. The van der Waals surface area contributed by atoms with Gasteiger partial charge in [0.25, 0.3) is 0 Å². The molecule has 3 aromatic heterocycles. The first kappa shape index (κ1) is 45.0. The second-order valence-corrected chi connectivity index (χ2v) is 18.1. The van der Waals surface area contributed by atoms with Crippen molar-refractivity contribution >= 4 is 186 Å². The summed E-state index contributed by atoms with van der Waals surface area (Å²) in [6.07, 6.45) is 7.32. The molecule has 2 aliphatic rings. The van der Waals surface area contributed by atoms with Crippen molar-refractivity contribution in [2.24, 2.45) is 0 Å². The first-order valence-electron chi connectivity index (χ1n) is 17.4. The third-order valence-electron chi connectivity index (χ3n) is 9.93. The molecule has 0 fully saturated rings. The van der Waals surface area contributed by atoms with E-state index >= 15 is 0 Å². The molecule has 17 heteroatoms. The van der Waals surface area contributed by atoms with Crippen molar-refractivity contribution in [3.63, 3.8) is 0 Å². The second-order valence-electron chi connectivity index (χ2n) is 13.4. The van der Waals surface area contributed by atoms with E-state index in [1.807, 2.05) is 48.6 Å². The molecular weight excluding hydrogens is 1070 g/mol. The van der Waals surface area contributed by atoms with E-state index < -0.39 is 0 Å². The van der Waals surface area contributed by atoms with Gasteiger partial charge in [0, 0.05) is 83.1 Å². The SMILES string of the molecule is Clc1ccc(Cl)c(-c2c3nc(c(-c4c(Cl)ccc(Cl)c4Cl)c4ccc([nH]4)c(-c4c(Cl)ccc(Cl)c4Cl)c4nc(c(-c5c(Cl)ccc(Cl)c5Cl)c5ccc2[nH]5)C=C4)C=C3)c1Cl.[Ni]. The van der Waals surface area contributed by atoms with Gasteiger partial charge in [-0.2, -0.15) is 0 Å². The topological polar surface area (TPSA) is 57.4 Å². The molecule has 0 saturated carbocycles. The van der Waals surface area contributed by atoms with Gasteiger partial charge in [0.15, 0.2) is 0 Å². The fraction of sp³-hybridized carbons (Fsp3) is 0. The summed E-state index contributed by atoms with van der Waals surface area (Å²) in [7, 11) is 0. The quantitative estimate of drug-likeness (QED) is 0.136. The number of rotatable bonds is 4. The number of halogens is 12. The molecule has 0 atom stereocenters. The van der Waals surface area contributed by atoms with Crippen LogP contribution in [0.4, 0.5) is 0 Å². The minimum absolute atomic E-state index is 0. The van der Waals surface area contributed by atoms with Gasteiger partial charge in [0.2, 0.25) is 0 Å². The van der Waals surface area contributed by atoms with Gasteiger partial charge >= 0.3 is 0 Å². The van der Waals surface area contributed by atoms with E-state index in [1.165, 1.54) is 0 Å². The molecule has 0 amide bonds. The maximum Gasteiger partial charge on any atom is 0.0738 e. The summed E-state index contributed by atoms with van der Waals surface area (Å²) in [6.45, 7) is 0. The van der Waals surface area contributed by atoms with Crippen LogP contribution in [0.5, 0.6) is 0 Å². The molecule has 4 nitrogen and oxygen atoms in total. The zero-order valence-corrected chi connectivity index (χ0v) is 40.0. The Balaban J connectivity index is 0.00000514. The van der Waals surface area contributed by atoms with Crippen LogP contribution in [-0.2, 0) is 16.5 Å². The standard InChI is InChI=1S/C44H18Cl12N4.Ni/c45-17-1-5-21(49)41(53)33(17)37-25-9-11-27(57-25)38(34-18(46)2-6-22(50)42(34)54)29-13-15-31(59-29)40(36-20(48)4-8-24(52)44(36)56)32-16-14-30(60-32)39(28-12-10-26(37)58-28)35-19(47)3-7-23(51)43(35)55;/h1-16,57,60H;. The molecule has 7 aromatic rings. The van der Waals surface area contributed by atoms with Gasteiger partial charge in [-0.3, -0.25) is 0 Å². The Bertz CT molecular complexity index is 2840. The van der Waals surface area contributed by atoms with Gasteiger partial charge in [0.1, 0.15) is 0 Å². The van der Waals surface area contributed by atoms with Crippen LogP contribution in [0.1, 0.15) is 22.8 Å². The fourth-order valence-electron chi connectivity index (χ4n) is 7.28. The number of fused-ring (bicyclic) bond motifs is 8. The first-order chi connectivity index (χ1) is 28.7. The number of hydrogen-bond acceptors (Lipinski definition) is 2. The molecule has 2 N–H and O–H groups in total. The molecule has 2 aliphatic heterocycles. The van der Waals surface area contributed by atoms with Gasteiger partial charge in [-0.05, 0) is 97.1 Å². The summed E-state index contributed by atoms with van der Waals surface area (Å²) in [5.41, 5.74) is 7.87. The molecule has 0 aliphatic carbocycles. The minimum atomic E-state index is 0. The van der Waals surface area contributed by atoms with Gasteiger partial charge in [-0.1, -0.05) is 139 Å². The summed E-state index contributed by atoms with van der Waals surface area (Å²) in [5, 5.41) is 3.25.